The predicted molar refractivity (Wildman–Crippen MR) is 99.4 cm³/mol. The van der Waals surface area contributed by atoms with Crippen LogP contribution in [0.2, 0.25) is 0 Å². The predicted octanol–water partition coefficient (Wildman–Crippen LogP) is 1.84. The molecule has 0 saturated heterocycles. The summed E-state index contributed by atoms with van der Waals surface area (Å²) < 4.78 is 2.95. The van der Waals surface area contributed by atoms with Gasteiger partial charge in [-0.3, -0.25) is 4.79 Å². The number of nitrogens with one attached hydrogen (secondary N) is 1. The molecule has 0 aliphatic carbocycles. The topological polar surface area (TPSA) is 97.9 Å². The van der Waals surface area contributed by atoms with Gasteiger partial charge in [-0.25, -0.2) is 4.98 Å². The molecule has 1 N–H and O–H groups in total. The van der Waals surface area contributed by atoms with Crippen LogP contribution >= 0.6 is 11.8 Å². The molecule has 26 heavy (non-hydrogen) atoms. The quantitative estimate of drug-likeness (QED) is 0.405. The number of imidazole rings is 1. The smallest absolute Gasteiger partial charge is 0.347 e. The van der Waals surface area contributed by atoms with Crippen molar-refractivity contribution in [2.24, 2.45) is 7.05 Å². The van der Waals surface area contributed by atoms with Gasteiger partial charge in [-0.05, 0) is 6.07 Å². The number of carbonyl (C=O) groups is 1. The SMILES string of the molecule is C=CCNC(=O)c1c(CSc2nccn2C)n([O-])c2ccccc2[n+]1=O. The number of hydrogen-bond acceptors (Lipinski definition) is 5. The number of nitrogens with zero attached hydrogens (tertiary/aromatic N) is 4. The molecule has 0 bridgehead atoms. The van der Waals surface area contributed by atoms with Gasteiger partial charge in [0.05, 0.1) is 4.43 Å². The molecular formula is C17H17N5O3S. The van der Waals surface area contributed by atoms with Crippen molar-refractivity contribution in [2.45, 2.75) is 10.9 Å². The first-order valence-electron chi connectivity index (χ1n) is 7.80. The summed E-state index contributed by atoms with van der Waals surface area (Å²) in [5.41, 5.74) is 0.200. The summed E-state index contributed by atoms with van der Waals surface area (Å²) in [5.74, 6) is -0.496. The maximum absolute atomic E-state index is 12.8. The van der Waals surface area contributed by atoms with Crippen LogP contribution < -0.4 is 9.74 Å². The van der Waals surface area contributed by atoms with Gasteiger partial charge in [0.15, 0.2) is 5.16 Å². The van der Waals surface area contributed by atoms with Crippen LogP contribution in [0.5, 0.6) is 0 Å². The Bertz CT molecular complexity index is 1040. The highest BCUT2D eigenvalue weighted by Gasteiger charge is 2.28. The number of hydrogen-bond donors (Lipinski definition) is 1. The van der Waals surface area contributed by atoms with Crippen molar-refractivity contribution in [2.75, 3.05) is 6.54 Å². The lowest BCUT2D eigenvalue weighted by Crippen LogP contribution is -2.37. The summed E-state index contributed by atoms with van der Waals surface area (Å²) in [7, 11) is 1.83. The first kappa shape index (κ1) is 17.7. The largest absolute Gasteiger partial charge is 0.805 e. The van der Waals surface area contributed by atoms with E-state index < -0.39 is 5.91 Å². The molecule has 0 spiro atoms. The third-order valence-corrected chi connectivity index (χ3v) is 4.85. The van der Waals surface area contributed by atoms with E-state index in [2.05, 4.69) is 16.9 Å². The number of benzene rings is 1. The van der Waals surface area contributed by atoms with Crippen molar-refractivity contribution < 1.29 is 9.22 Å². The Balaban J connectivity index is 2.13. The third-order valence-electron chi connectivity index (χ3n) is 3.78. The molecule has 3 aromatic rings. The zero-order valence-corrected chi connectivity index (χ0v) is 14.9. The average Bonchev–Trinajstić information content (AvgIpc) is 3.06. The first-order chi connectivity index (χ1) is 12.5. The van der Waals surface area contributed by atoms with Gasteiger partial charge in [-0.1, -0.05) is 30.0 Å². The lowest BCUT2D eigenvalue weighted by Gasteiger charge is -2.18. The Hall–Kier alpha value is -3.07. The summed E-state index contributed by atoms with van der Waals surface area (Å²) in [6.45, 7) is 3.73. The minimum Gasteiger partial charge on any atom is -0.805 e. The van der Waals surface area contributed by atoms with E-state index in [9.17, 15) is 14.9 Å². The van der Waals surface area contributed by atoms with Crippen LogP contribution in [0.1, 0.15) is 16.2 Å². The van der Waals surface area contributed by atoms with Gasteiger partial charge < -0.3 is 19.8 Å². The van der Waals surface area contributed by atoms with E-state index in [1.54, 1.807) is 35.2 Å². The zero-order valence-electron chi connectivity index (χ0n) is 14.1. The Kier molecular flexibility index (Phi) is 5.08. The van der Waals surface area contributed by atoms with Crippen LogP contribution in [-0.2, 0) is 12.8 Å². The Morgan fingerprint density at radius 3 is 2.92 bits per heavy atom. The van der Waals surface area contributed by atoms with Crippen LogP contribution in [0.25, 0.3) is 11.0 Å². The molecule has 0 aliphatic rings. The maximum atomic E-state index is 12.8. The van der Waals surface area contributed by atoms with E-state index in [0.29, 0.717) is 14.3 Å². The van der Waals surface area contributed by atoms with Crippen LogP contribution in [0.15, 0.2) is 54.5 Å². The summed E-state index contributed by atoms with van der Waals surface area (Å²) in [6, 6.07) is 6.38. The molecule has 0 saturated carbocycles. The van der Waals surface area contributed by atoms with E-state index in [4.69, 9.17) is 0 Å². The summed E-state index contributed by atoms with van der Waals surface area (Å²) in [4.78, 5) is 29.5. The van der Waals surface area contributed by atoms with Gasteiger partial charge in [0, 0.05) is 42.7 Å². The maximum Gasteiger partial charge on any atom is 0.347 e. The minimum atomic E-state index is -0.620. The number of aromatic nitrogens is 4. The van der Waals surface area contributed by atoms with Gasteiger partial charge in [0.25, 0.3) is 5.52 Å². The van der Waals surface area contributed by atoms with Gasteiger partial charge in [-0.2, -0.15) is 0 Å². The molecule has 2 aromatic heterocycles. The van der Waals surface area contributed by atoms with Crippen LogP contribution in [0.3, 0.4) is 0 Å². The molecule has 0 atom stereocenters. The highest BCUT2D eigenvalue weighted by Crippen LogP contribution is 2.23. The summed E-state index contributed by atoms with van der Waals surface area (Å²) >= 11 is 1.27. The highest BCUT2D eigenvalue weighted by molar-refractivity contribution is 7.98. The second-order valence-corrected chi connectivity index (χ2v) is 6.42. The van der Waals surface area contributed by atoms with Crippen molar-refractivity contribution in [1.29, 1.82) is 0 Å². The minimum absolute atomic E-state index is 0.0771. The molecule has 8 nitrogen and oxygen atoms in total. The zero-order chi connectivity index (χ0) is 18.7. The molecule has 9 heteroatoms. The number of carbonyl (C=O) groups excluding carboxylic acids is 1. The molecule has 0 fully saturated rings. The van der Waals surface area contributed by atoms with Crippen molar-refractivity contribution >= 4 is 28.7 Å². The Morgan fingerprint density at radius 1 is 1.46 bits per heavy atom. The number of fused-ring (bicyclic) bond motifs is 1. The monoisotopic (exact) mass is 371 g/mol. The highest BCUT2D eigenvalue weighted by atomic mass is 32.2. The van der Waals surface area contributed by atoms with Crippen LogP contribution in [0, 0.1) is 10.1 Å². The van der Waals surface area contributed by atoms with E-state index in [1.165, 1.54) is 23.9 Å². The Morgan fingerprint density at radius 2 is 2.23 bits per heavy atom. The van der Waals surface area contributed by atoms with E-state index >= 15 is 0 Å². The normalized spacial score (nSPS) is 10.8. The lowest BCUT2D eigenvalue weighted by atomic mass is 10.2. The summed E-state index contributed by atoms with van der Waals surface area (Å²) in [6.07, 6.45) is 4.92. The third kappa shape index (κ3) is 3.21. The molecule has 0 radical (unpaired) electrons. The fraction of sp³-hybridized carbons (Fsp3) is 0.176. The van der Waals surface area contributed by atoms with Crippen molar-refractivity contribution in [1.82, 2.24) is 19.6 Å². The first-order valence-corrected chi connectivity index (χ1v) is 8.79. The van der Waals surface area contributed by atoms with Crippen molar-refractivity contribution in [3.8, 4) is 0 Å². The lowest BCUT2D eigenvalue weighted by molar-refractivity contribution is -0.468. The molecule has 1 amide bonds. The van der Waals surface area contributed by atoms with Gasteiger partial charge in [0.1, 0.15) is 11.2 Å². The molecule has 1 aromatic carbocycles. The molecule has 3 rings (SSSR count). The van der Waals surface area contributed by atoms with E-state index in [1.807, 2.05) is 7.05 Å². The second-order valence-electron chi connectivity index (χ2n) is 5.48. The van der Waals surface area contributed by atoms with Gasteiger partial charge in [-0.15, -0.1) is 6.58 Å². The molecule has 0 unspecified atom stereocenters. The Labute approximate surface area is 153 Å². The number of amides is 1. The second kappa shape index (κ2) is 7.44. The number of thioether (sulfide) groups is 1. The number of rotatable bonds is 6. The number of aryl methyl sites for hydroxylation is 1. The molecular weight excluding hydrogens is 354 g/mol. The number of para-hydroxylation sites is 2. The van der Waals surface area contributed by atoms with Crippen molar-refractivity contribution in [3.63, 3.8) is 0 Å². The molecule has 0 aliphatic heterocycles. The standard InChI is InChI=1S/C17H17N5O3S/c1-3-8-18-16(23)15-14(11-26-17-19-9-10-20(17)2)21(24)12-6-4-5-7-13(12)22(15)25/h3-7,9-10H,1,8,11H2,2H3,(H,18,23). The van der Waals surface area contributed by atoms with Gasteiger partial charge in [0.2, 0.25) is 0 Å². The van der Waals surface area contributed by atoms with Crippen molar-refractivity contribution in [3.05, 3.63) is 70.8 Å². The van der Waals surface area contributed by atoms with Crippen LogP contribution in [-0.4, -0.2) is 26.7 Å². The summed E-state index contributed by atoms with van der Waals surface area (Å²) in [5, 5.41) is 16.1. The molecule has 134 valence electrons. The fourth-order valence-electron chi connectivity index (χ4n) is 2.51. The van der Waals surface area contributed by atoms with E-state index in [0.717, 1.165) is 0 Å². The van der Waals surface area contributed by atoms with E-state index in [-0.39, 0.29) is 34.7 Å². The van der Waals surface area contributed by atoms with Crippen LogP contribution in [0.4, 0.5) is 0 Å². The fourth-order valence-corrected chi connectivity index (χ4v) is 3.43. The average molecular weight is 371 g/mol. The van der Waals surface area contributed by atoms with Gasteiger partial charge >= 0.3 is 11.6 Å². The molecule has 2 heterocycles.